The van der Waals surface area contributed by atoms with E-state index in [1.165, 1.54) is 0 Å². The summed E-state index contributed by atoms with van der Waals surface area (Å²) in [4.78, 5) is 20.6. The van der Waals surface area contributed by atoms with Crippen molar-refractivity contribution in [1.29, 1.82) is 0 Å². The lowest BCUT2D eigenvalue weighted by molar-refractivity contribution is 0.218. The number of amides is 2. The standard InChI is InChI=1S/C18H15Cl2N5O/c19-15-3-1-12(7-16(15)20)11-24-5-6-25(18(24)26)17-4-2-13(8-21-17)14-9-22-23-10-14/h1-4,7-10H,5-6,11H2,(H,22,23). The van der Waals surface area contributed by atoms with Crippen LogP contribution < -0.4 is 4.90 Å². The number of halogens is 2. The van der Waals surface area contributed by atoms with E-state index in [9.17, 15) is 4.79 Å². The maximum absolute atomic E-state index is 12.7. The Hall–Kier alpha value is -2.57. The Balaban J connectivity index is 1.47. The van der Waals surface area contributed by atoms with E-state index in [1.54, 1.807) is 40.5 Å². The van der Waals surface area contributed by atoms with Gasteiger partial charge in [-0.3, -0.25) is 10.00 Å². The number of benzene rings is 1. The normalized spacial score (nSPS) is 14.3. The molecular formula is C18H15Cl2N5O. The molecule has 1 aliphatic heterocycles. The second kappa shape index (κ2) is 6.97. The predicted octanol–water partition coefficient (Wildman–Crippen LogP) is 4.22. The van der Waals surface area contributed by atoms with Crippen LogP contribution in [0.5, 0.6) is 0 Å². The van der Waals surface area contributed by atoms with Crippen LogP contribution in [0.15, 0.2) is 48.9 Å². The molecule has 0 aliphatic carbocycles. The van der Waals surface area contributed by atoms with Crippen LogP contribution in [0, 0.1) is 0 Å². The van der Waals surface area contributed by atoms with Gasteiger partial charge in [0.25, 0.3) is 0 Å². The summed E-state index contributed by atoms with van der Waals surface area (Å²) in [5.74, 6) is 0.638. The van der Waals surface area contributed by atoms with E-state index in [2.05, 4.69) is 15.2 Å². The number of aromatic amines is 1. The lowest BCUT2D eigenvalue weighted by Crippen LogP contribution is -2.31. The Labute approximate surface area is 160 Å². The number of anilines is 1. The SMILES string of the molecule is O=C1N(Cc2ccc(Cl)c(Cl)c2)CCN1c1ccc(-c2cn[nH]c2)cn1. The van der Waals surface area contributed by atoms with Crippen molar-refractivity contribution in [2.24, 2.45) is 0 Å². The molecule has 2 aromatic heterocycles. The number of pyridine rings is 1. The maximum Gasteiger partial charge on any atom is 0.326 e. The Morgan fingerprint density at radius 1 is 1.04 bits per heavy atom. The number of carbonyl (C=O) groups is 1. The zero-order chi connectivity index (χ0) is 18.1. The molecule has 0 atom stereocenters. The van der Waals surface area contributed by atoms with Crippen molar-refractivity contribution in [3.8, 4) is 11.1 Å². The highest BCUT2D eigenvalue weighted by Crippen LogP contribution is 2.26. The minimum atomic E-state index is -0.0698. The first-order valence-electron chi connectivity index (χ1n) is 8.07. The summed E-state index contributed by atoms with van der Waals surface area (Å²) < 4.78 is 0. The largest absolute Gasteiger partial charge is 0.326 e. The third kappa shape index (κ3) is 3.25. The number of nitrogens with one attached hydrogen (secondary N) is 1. The van der Waals surface area contributed by atoms with Gasteiger partial charge < -0.3 is 4.90 Å². The minimum absolute atomic E-state index is 0.0698. The van der Waals surface area contributed by atoms with Crippen molar-refractivity contribution in [2.75, 3.05) is 18.0 Å². The molecule has 3 heterocycles. The molecule has 1 aromatic carbocycles. The first kappa shape index (κ1) is 16.9. The van der Waals surface area contributed by atoms with E-state index in [1.807, 2.05) is 18.2 Å². The van der Waals surface area contributed by atoms with Gasteiger partial charge in [0.15, 0.2) is 0 Å². The highest BCUT2D eigenvalue weighted by Gasteiger charge is 2.30. The van der Waals surface area contributed by atoms with E-state index in [-0.39, 0.29) is 6.03 Å². The third-order valence-corrected chi connectivity index (χ3v) is 5.05. The summed E-state index contributed by atoms with van der Waals surface area (Å²) in [6.45, 7) is 1.71. The molecule has 0 bridgehead atoms. The maximum atomic E-state index is 12.7. The molecule has 0 saturated carbocycles. The molecule has 132 valence electrons. The molecule has 0 unspecified atom stereocenters. The van der Waals surface area contributed by atoms with Gasteiger partial charge in [0.1, 0.15) is 5.82 Å². The Morgan fingerprint density at radius 3 is 2.62 bits per heavy atom. The summed E-state index contributed by atoms with van der Waals surface area (Å²) in [6.07, 6.45) is 5.28. The van der Waals surface area contributed by atoms with Gasteiger partial charge in [0, 0.05) is 43.2 Å². The molecule has 1 saturated heterocycles. The second-order valence-electron chi connectivity index (χ2n) is 6.00. The molecule has 2 amide bonds. The molecule has 1 aliphatic rings. The fourth-order valence-electron chi connectivity index (χ4n) is 2.93. The van der Waals surface area contributed by atoms with Crippen molar-refractivity contribution in [1.82, 2.24) is 20.1 Å². The van der Waals surface area contributed by atoms with Gasteiger partial charge >= 0.3 is 6.03 Å². The molecule has 8 heteroatoms. The molecule has 4 rings (SSSR count). The number of aromatic nitrogens is 3. The third-order valence-electron chi connectivity index (χ3n) is 4.31. The number of H-pyrrole nitrogens is 1. The van der Waals surface area contributed by atoms with Gasteiger partial charge in [0.05, 0.1) is 16.2 Å². The van der Waals surface area contributed by atoms with Gasteiger partial charge in [-0.1, -0.05) is 29.3 Å². The highest BCUT2D eigenvalue weighted by atomic mass is 35.5. The van der Waals surface area contributed by atoms with E-state index in [4.69, 9.17) is 23.2 Å². The first-order chi connectivity index (χ1) is 12.6. The number of nitrogens with zero attached hydrogens (tertiary/aromatic N) is 4. The second-order valence-corrected chi connectivity index (χ2v) is 6.81. The van der Waals surface area contributed by atoms with Crippen molar-refractivity contribution in [2.45, 2.75) is 6.54 Å². The average Bonchev–Trinajstić information content (AvgIpc) is 3.30. The van der Waals surface area contributed by atoms with Crippen LogP contribution >= 0.6 is 23.2 Å². The first-order valence-corrected chi connectivity index (χ1v) is 8.83. The molecule has 3 aromatic rings. The fraction of sp³-hybridized carbons (Fsp3) is 0.167. The average molecular weight is 388 g/mol. The Bertz CT molecular complexity index is 927. The molecule has 1 fully saturated rings. The van der Waals surface area contributed by atoms with E-state index in [0.717, 1.165) is 16.7 Å². The van der Waals surface area contributed by atoms with Crippen molar-refractivity contribution >= 4 is 35.1 Å². The van der Waals surface area contributed by atoms with E-state index < -0.39 is 0 Å². The summed E-state index contributed by atoms with van der Waals surface area (Å²) in [7, 11) is 0. The topological polar surface area (TPSA) is 65.1 Å². The van der Waals surface area contributed by atoms with Crippen molar-refractivity contribution in [3.63, 3.8) is 0 Å². The number of urea groups is 1. The molecule has 1 N–H and O–H groups in total. The van der Waals surface area contributed by atoms with Crippen LogP contribution in [-0.4, -0.2) is 39.2 Å². The van der Waals surface area contributed by atoms with Crippen LogP contribution in [0.1, 0.15) is 5.56 Å². The molecule has 0 spiro atoms. The molecule has 26 heavy (non-hydrogen) atoms. The van der Waals surface area contributed by atoms with Crippen LogP contribution in [-0.2, 0) is 6.54 Å². The van der Waals surface area contributed by atoms with Gasteiger partial charge in [-0.15, -0.1) is 0 Å². The number of rotatable bonds is 4. The van der Waals surface area contributed by atoms with Crippen molar-refractivity contribution < 1.29 is 4.79 Å². The van der Waals surface area contributed by atoms with E-state index >= 15 is 0 Å². The summed E-state index contributed by atoms with van der Waals surface area (Å²) in [6, 6.07) is 9.12. The van der Waals surface area contributed by atoms with Crippen LogP contribution in [0.2, 0.25) is 10.0 Å². The molecule has 6 nitrogen and oxygen atoms in total. The van der Waals surface area contributed by atoms with Gasteiger partial charge in [0.2, 0.25) is 0 Å². The lowest BCUT2D eigenvalue weighted by atomic mass is 10.2. The van der Waals surface area contributed by atoms with Crippen molar-refractivity contribution in [3.05, 3.63) is 64.5 Å². The van der Waals surface area contributed by atoms with Crippen LogP contribution in [0.3, 0.4) is 0 Å². The van der Waals surface area contributed by atoms with Gasteiger partial charge in [-0.25, -0.2) is 9.78 Å². The monoisotopic (exact) mass is 387 g/mol. The zero-order valence-corrected chi connectivity index (χ0v) is 15.2. The smallest absolute Gasteiger partial charge is 0.318 e. The number of hydrogen-bond acceptors (Lipinski definition) is 3. The summed E-state index contributed by atoms with van der Waals surface area (Å²) in [5, 5.41) is 7.70. The number of hydrogen-bond donors (Lipinski definition) is 1. The Morgan fingerprint density at radius 2 is 1.92 bits per heavy atom. The highest BCUT2D eigenvalue weighted by molar-refractivity contribution is 6.42. The zero-order valence-electron chi connectivity index (χ0n) is 13.7. The predicted molar refractivity (Wildman–Crippen MR) is 101 cm³/mol. The van der Waals surface area contributed by atoms with Crippen LogP contribution in [0.4, 0.5) is 10.6 Å². The van der Waals surface area contributed by atoms with Gasteiger partial charge in [-0.05, 0) is 29.8 Å². The van der Waals surface area contributed by atoms with E-state index in [0.29, 0.717) is 35.5 Å². The van der Waals surface area contributed by atoms with Crippen LogP contribution in [0.25, 0.3) is 11.1 Å². The Kier molecular flexibility index (Phi) is 4.53. The summed E-state index contributed by atoms with van der Waals surface area (Å²) >= 11 is 12.0. The summed E-state index contributed by atoms with van der Waals surface area (Å²) in [5.41, 5.74) is 2.85. The quantitative estimate of drug-likeness (QED) is 0.728. The van der Waals surface area contributed by atoms with Gasteiger partial charge in [-0.2, -0.15) is 5.10 Å². The number of carbonyl (C=O) groups excluding carboxylic acids is 1. The fourth-order valence-corrected chi connectivity index (χ4v) is 3.25. The minimum Gasteiger partial charge on any atom is -0.318 e. The molecular weight excluding hydrogens is 373 g/mol. The lowest BCUT2D eigenvalue weighted by Gasteiger charge is -2.18. The molecule has 0 radical (unpaired) electrons.